The summed E-state index contributed by atoms with van der Waals surface area (Å²) in [5, 5.41) is 0. The number of carbonyl (C=O) groups excluding carboxylic acids is 1. The first-order valence-electron chi connectivity index (χ1n) is 5.78. The Bertz CT molecular complexity index is 231. The van der Waals surface area contributed by atoms with Crippen LogP contribution < -0.4 is 0 Å². The van der Waals surface area contributed by atoms with Crippen molar-refractivity contribution in [3.63, 3.8) is 0 Å². The monoisotopic (exact) mass is 228 g/mol. The van der Waals surface area contributed by atoms with Gasteiger partial charge >= 0.3 is 5.97 Å². The molecule has 0 aromatic rings. The van der Waals surface area contributed by atoms with Gasteiger partial charge in [0.25, 0.3) is 0 Å². The number of hydrogen-bond donors (Lipinski definition) is 0. The van der Waals surface area contributed by atoms with Crippen molar-refractivity contribution in [1.29, 1.82) is 0 Å². The molecule has 0 aromatic carbocycles. The molecule has 4 heteroatoms. The van der Waals surface area contributed by atoms with Crippen LogP contribution in [-0.2, 0) is 19.0 Å². The smallest absolute Gasteiger partial charge is 0.335 e. The SMILES string of the molecule is C=C(COCC1CCCCO1)C(=O)OCC. The molecule has 1 saturated heterocycles. The summed E-state index contributed by atoms with van der Waals surface area (Å²) in [4.78, 5) is 11.2. The molecule has 0 radical (unpaired) electrons. The lowest BCUT2D eigenvalue weighted by molar-refractivity contribution is -0.139. The van der Waals surface area contributed by atoms with Crippen molar-refractivity contribution in [2.24, 2.45) is 0 Å². The second-order valence-electron chi connectivity index (χ2n) is 3.83. The Hall–Kier alpha value is -0.870. The summed E-state index contributed by atoms with van der Waals surface area (Å²) in [5.41, 5.74) is 0.359. The highest BCUT2D eigenvalue weighted by Gasteiger charge is 2.14. The van der Waals surface area contributed by atoms with Crippen LogP contribution in [0, 0.1) is 0 Å². The third kappa shape index (κ3) is 4.77. The van der Waals surface area contributed by atoms with Crippen LogP contribution in [0.25, 0.3) is 0 Å². The molecule has 16 heavy (non-hydrogen) atoms. The Morgan fingerprint density at radius 1 is 1.50 bits per heavy atom. The summed E-state index contributed by atoms with van der Waals surface area (Å²) in [7, 11) is 0. The summed E-state index contributed by atoms with van der Waals surface area (Å²) in [6, 6.07) is 0. The minimum absolute atomic E-state index is 0.170. The Kier molecular flexibility index (Phi) is 6.11. The van der Waals surface area contributed by atoms with Crippen LogP contribution in [0.15, 0.2) is 12.2 Å². The van der Waals surface area contributed by atoms with Gasteiger partial charge in [0, 0.05) is 6.61 Å². The van der Waals surface area contributed by atoms with E-state index in [1.165, 1.54) is 6.42 Å². The summed E-state index contributed by atoms with van der Waals surface area (Å²) in [5.74, 6) is -0.382. The van der Waals surface area contributed by atoms with Gasteiger partial charge in [0.2, 0.25) is 0 Å². The first-order valence-corrected chi connectivity index (χ1v) is 5.78. The highest BCUT2D eigenvalue weighted by atomic mass is 16.5. The summed E-state index contributed by atoms with van der Waals surface area (Å²) in [6.07, 6.45) is 3.52. The molecule has 1 fully saturated rings. The molecule has 0 aromatic heterocycles. The highest BCUT2D eigenvalue weighted by Crippen LogP contribution is 2.13. The van der Waals surface area contributed by atoms with Gasteiger partial charge in [-0.2, -0.15) is 0 Å². The fraction of sp³-hybridized carbons (Fsp3) is 0.750. The minimum atomic E-state index is -0.382. The Balaban J connectivity index is 2.09. The summed E-state index contributed by atoms with van der Waals surface area (Å²) in [6.45, 7) is 7.31. The number of rotatable bonds is 6. The molecule has 0 aliphatic carbocycles. The molecular weight excluding hydrogens is 208 g/mol. The third-order valence-corrected chi connectivity index (χ3v) is 2.42. The maximum Gasteiger partial charge on any atom is 0.335 e. The molecule has 1 unspecified atom stereocenters. The van der Waals surface area contributed by atoms with Crippen molar-refractivity contribution in [3.05, 3.63) is 12.2 Å². The van der Waals surface area contributed by atoms with Crippen molar-refractivity contribution in [3.8, 4) is 0 Å². The lowest BCUT2D eigenvalue weighted by atomic mass is 10.1. The molecule has 1 atom stereocenters. The first-order chi connectivity index (χ1) is 7.74. The molecule has 1 aliphatic heterocycles. The van der Waals surface area contributed by atoms with E-state index >= 15 is 0 Å². The molecular formula is C12H20O4. The van der Waals surface area contributed by atoms with Crippen LogP contribution in [0.1, 0.15) is 26.2 Å². The predicted octanol–water partition coefficient (Wildman–Crippen LogP) is 1.69. The van der Waals surface area contributed by atoms with E-state index in [2.05, 4.69) is 6.58 Å². The molecule has 0 spiro atoms. The van der Waals surface area contributed by atoms with Crippen LogP contribution in [-0.4, -0.2) is 38.5 Å². The van der Waals surface area contributed by atoms with E-state index in [4.69, 9.17) is 14.2 Å². The highest BCUT2D eigenvalue weighted by molar-refractivity contribution is 5.87. The molecule has 1 heterocycles. The Labute approximate surface area is 96.6 Å². The van der Waals surface area contributed by atoms with Gasteiger partial charge in [0.15, 0.2) is 0 Å². The van der Waals surface area contributed by atoms with E-state index in [1.54, 1.807) is 6.92 Å². The maximum absolute atomic E-state index is 11.2. The third-order valence-electron chi connectivity index (χ3n) is 2.42. The average Bonchev–Trinajstić information content (AvgIpc) is 2.30. The lowest BCUT2D eigenvalue weighted by Crippen LogP contribution is -2.25. The fourth-order valence-electron chi connectivity index (χ4n) is 1.54. The van der Waals surface area contributed by atoms with Gasteiger partial charge in [-0.05, 0) is 26.2 Å². The van der Waals surface area contributed by atoms with Gasteiger partial charge in [0.1, 0.15) is 0 Å². The molecule has 92 valence electrons. The second kappa shape index (κ2) is 7.41. The first kappa shape index (κ1) is 13.2. The van der Waals surface area contributed by atoms with Crippen molar-refractivity contribution in [1.82, 2.24) is 0 Å². The number of ether oxygens (including phenoxy) is 3. The van der Waals surface area contributed by atoms with Gasteiger partial charge in [-0.25, -0.2) is 4.79 Å². The Morgan fingerprint density at radius 2 is 2.31 bits per heavy atom. The maximum atomic E-state index is 11.2. The van der Waals surface area contributed by atoms with Gasteiger partial charge in [-0.15, -0.1) is 0 Å². The molecule has 1 rings (SSSR count). The average molecular weight is 228 g/mol. The predicted molar refractivity (Wildman–Crippen MR) is 60.2 cm³/mol. The molecule has 4 nitrogen and oxygen atoms in total. The van der Waals surface area contributed by atoms with Gasteiger partial charge in [-0.1, -0.05) is 6.58 Å². The quantitative estimate of drug-likeness (QED) is 0.512. The minimum Gasteiger partial charge on any atom is -0.463 e. The topological polar surface area (TPSA) is 44.8 Å². The van der Waals surface area contributed by atoms with Gasteiger partial charge < -0.3 is 14.2 Å². The molecule has 0 amide bonds. The Morgan fingerprint density at radius 3 is 2.94 bits per heavy atom. The van der Waals surface area contributed by atoms with Crippen molar-refractivity contribution < 1.29 is 19.0 Å². The summed E-state index contributed by atoms with van der Waals surface area (Å²) < 4.78 is 15.7. The van der Waals surface area contributed by atoms with E-state index in [1.807, 2.05) is 0 Å². The van der Waals surface area contributed by atoms with E-state index in [9.17, 15) is 4.79 Å². The standard InChI is InChI=1S/C12H20O4/c1-3-15-12(13)10(2)8-14-9-11-6-4-5-7-16-11/h11H,2-9H2,1H3. The largest absolute Gasteiger partial charge is 0.463 e. The van der Waals surface area contributed by atoms with E-state index in [0.29, 0.717) is 18.8 Å². The summed E-state index contributed by atoms with van der Waals surface area (Å²) >= 11 is 0. The number of hydrogen-bond acceptors (Lipinski definition) is 4. The van der Waals surface area contributed by atoms with Crippen molar-refractivity contribution in [2.75, 3.05) is 26.4 Å². The lowest BCUT2D eigenvalue weighted by Gasteiger charge is -2.22. The van der Waals surface area contributed by atoms with Gasteiger partial charge in [-0.3, -0.25) is 0 Å². The van der Waals surface area contributed by atoms with Crippen LogP contribution in [0.5, 0.6) is 0 Å². The van der Waals surface area contributed by atoms with Crippen molar-refractivity contribution in [2.45, 2.75) is 32.3 Å². The zero-order valence-corrected chi connectivity index (χ0v) is 9.87. The van der Waals surface area contributed by atoms with E-state index in [0.717, 1.165) is 19.4 Å². The van der Waals surface area contributed by atoms with Gasteiger partial charge in [0.05, 0.1) is 31.5 Å². The van der Waals surface area contributed by atoms with Crippen LogP contribution in [0.3, 0.4) is 0 Å². The molecule has 0 N–H and O–H groups in total. The van der Waals surface area contributed by atoms with E-state index < -0.39 is 0 Å². The zero-order chi connectivity index (χ0) is 11.8. The van der Waals surface area contributed by atoms with Crippen LogP contribution in [0.2, 0.25) is 0 Å². The normalized spacial score (nSPS) is 20.4. The van der Waals surface area contributed by atoms with Crippen LogP contribution in [0.4, 0.5) is 0 Å². The fourth-order valence-corrected chi connectivity index (χ4v) is 1.54. The number of esters is 1. The van der Waals surface area contributed by atoms with Crippen molar-refractivity contribution >= 4 is 5.97 Å². The molecule has 0 bridgehead atoms. The second-order valence-corrected chi connectivity index (χ2v) is 3.83. The molecule has 1 aliphatic rings. The molecule has 0 saturated carbocycles. The zero-order valence-electron chi connectivity index (χ0n) is 9.87. The van der Waals surface area contributed by atoms with Crippen LogP contribution >= 0.6 is 0 Å². The van der Waals surface area contributed by atoms with E-state index in [-0.39, 0.29) is 18.7 Å². The number of carbonyl (C=O) groups is 1.